The largest absolute Gasteiger partial charge is 0.496 e. The van der Waals surface area contributed by atoms with Crippen molar-refractivity contribution in [2.75, 3.05) is 7.11 Å². The first-order valence-electron chi connectivity index (χ1n) is 6.14. The molecular weight excluding hydrogens is 260 g/mol. The van der Waals surface area contributed by atoms with E-state index in [4.69, 9.17) is 21.4 Å². The molecule has 1 aromatic carbocycles. The molecule has 0 radical (unpaired) electrons. The van der Waals surface area contributed by atoms with Gasteiger partial charge in [0, 0.05) is 30.1 Å². The molecule has 1 amide bonds. The zero-order chi connectivity index (χ0) is 15.1. The Labute approximate surface area is 117 Å². The van der Waals surface area contributed by atoms with E-state index in [-0.39, 0.29) is 24.2 Å². The molecule has 6 N–H and O–H groups in total. The van der Waals surface area contributed by atoms with Gasteiger partial charge in [-0.3, -0.25) is 4.79 Å². The number of nitrogens with two attached hydrogens (primary N) is 2. The predicted molar refractivity (Wildman–Crippen MR) is 75.6 cm³/mol. The Morgan fingerprint density at radius 1 is 1.50 bits per heavy atom. The summed E-state index contributed by atoms with van der Waals surface area (Å²) in [5.41, 5.74) is 12.1. The minimum Gasteiger partial charge on any atom is -0.496 e. The average Bonchev–Trinajstić information content (AvgIpc) is 2.43. The minimum absolute atomic E-state index is 0.0269. The first kappa shape index (κ1) is 15.8. The lowest BCUT2D eigenvalue weighted by Gasteiger charge is -2.15. The van der Waals surface area contributed by atoms with E-state index in [2.05, 4.69) is 10.5 Å². The summed E-state index contributed by atoms with van der Waals surface area (Å²) >= 11 is 0. The number of carbonyl (C=O) groups excluding carboxylic acids is 1. The quantitative estimate of drug-likeness (QED) is 0.245. The lowest BCUT2D eigenvalue weighted by atomic mass is 10.1. The fourth-order valence-electron chi connectivity index (χ4n) is 1.79. The molecule has 0 saturated heterocycles. The number of amidine groups is 1. The van der Waals surface area contributed by atoms with Crippen LogP contribution < -0.4 is 21.5 Å². The van der Waals surface area contributed by atoms with Crippen molar-refractivity contribution in [1.29, 1.82) is 0 Å². The lowest BCUT2D eigenvalue weighted by molar-refractivity contribution is -0.118. The Bertz CT molecular complexity index is 502. The van der Waals surface area contributed by atoms with Gasteiger partial charge in [-0.25, -0.2) is 0 Å². The van der Waals surface area contributed by atoms with Crippen molar-refractivity contribution < 1.29 is 14.7 Å². The molecule has 0 saturated carbocycles. The molecule has 1 atom stereocenters. The van der Waals surface area contributed by atoms with E-state index in [1.54, 1.807) is 25.3 Å². The van der Waals surface area contributed by atoms with Gasteiger partial charge in [0.2, 0.25) is 5.91 Å². The van der Waals surface area contributed by atoms with Gasteiger partial charge in [-0.05, 0) is 25.1 Å². The number of rotatable bonds is 7. The highest BCUT2D eigenvalue weighted by Crippen LogP contribution is 2.20. The van der Waals surface area contributed by atoms with Gasteiger partial charge in [-0.2, -0.15) is 0 Å². The minimum atomic E-state index is -0.359. The Hall–Kier alpha value is -2.28. The van der Waals surface area contributed by atoms with Crippen LogP contribution in [0.5, 0.6) is 5.75 Å². The molecule has 0 aliphatic heterocycles. The zero-order valence-corrected chi connectivity index (χ0v) is 11.6. The van der Waals surface area contributed by atoms with Crippen LogP contribution in [0.25, 0.3) is 0 Å². The maximum absolute atomic E-state index is 10.8. The van der Waals surface area contributed by atoms with Gasteiger partial charge in [0.15, 0.2) is 5.84 Å². The van der Waals surface area contributed by atoms with Crippen LogP contribution in [-0.2, 0) is 11.3 Å². The zero-order valence-electron chi connectivity index (χ0n) is 11.6. The van der Waals surface area contributed by atoms with E-state index in [1.165, 1.54) is 0 Å². The summed E-state index contributed by atoms with van der Waals surface area (Å²) in [4.78, 5) is 10.8. The first-order chi connectivity index (χ1) is 9.47. The second-order valence-electron chi connectivity index (χ2n) is 4.46. The molecule has 0 aliphatic carbocycles. The number of primary amides is 1. The second-order valence-corrected chi connectivity index (χ2v) is 4.46. The molecule has 0 bridgehead atoms. The van der Waals surface area contributed by atoms with Crippen LogP contribution in [-0.4, -0.2) is 30.1 Å². The van der Waals surface area contributed by atoms with Gasteiger partial charge in [-0.15, -0.1) is 0 Å². The summed E-state index contributed by atoms with van der Waals surface area (Å²) in [5.74, 6) is 0.347. The van der Waals surface area contributed by atoms with Crippen LogP contribution in [0.15, 0.2) is 23.4 Å². The predicted octanol–water partition coefficient (Wildman–Crippen LogP) is 0.143. The third-order valence-corrected chi connectivity index (χ3v) is 2.83. The first-order valence-corrected chi connectivity index (χ1v) is 6.14. The van der Waals surface area contributed by atoms with E-state index >= 15 is 0 Å². The fourth-order valence-corrected chi connectivity index (χ4v) is 1.79. The van der Waals surface area contributed by atoms with Crippen molar-refractivity contribution in [2.45, 2.75) is 25.9 Å². The van der Waals surface area contributed by atoms with Gasteiger partial charge >= 0.3 is 0 Å². The number of hydrogen-bond acceptors (Lipinski definition) is 5. The van der Waals surface area contributed by atoms with Crippen molar-refractivity contribution in [3.63, 3.8) is 0 Å². The van der Waals surface area contributed by atoms with E-state index in [9.17, 15) is 4.79 Å². The Morgan fingerprint density at radius 2 is 2.20 bits per heavy atom. The summed E-state index contributed by atoms with van der Waals surface area (Å²) in [6, 6.07) is 5.15. The van der Waals surface area contributed by atoms with Gasteiger partial charge in [0.1, 0.15) is 5.75 Å². The molecule has 0 aromatic heterocycles. The number of methoxy groups -OCH3 is 1. The van der Waals surface area contributed by atoms with Crippen LogP contribution in [0.4, 0.5) is 0 Å². The van der Waals surface area contributed by atoms with Crippen LogP contribution in [0, 0.1) is 0 Å². The number of oxime groups is 1. The third kappa shape index (κ3) is 4.43. The van der Waals surface area contributed by atoms with Gasteiger partial charge in [0.25, 0.3) is 0 Å². The van der Waals surface area contributed by atoms with E-state index in [1.807, 2.05) is 6.92 Å². The van der Waals surface area contributed by atoms with Crippen molar-refractivity contribution in [3.8, 4) is 5.75 Å². The number of hydrogen-bond donors (Lipinski definition) is 4. The Morgan fingerprint density at radius 3 is 2.75 bits per heavy atom. The van der Waals surface area contributed by atoms with Crippen LogP contribution >= 0.6 is 0 Å². The summed E-state index contributed by atoms with van der Waals surface area (Å²) in [6.45, 7) is 2.34. The van der Waals surface area contributed by atoms with Crippen molar-refractivity contribution in [1.82, 2.24) is 5.32 Å². The second kappa shape index (κ2) is 7.34. The molecular formula is C13H20N4O3. The number of amides is 1. The standard InChI is InChI=1S/C13H20N4O3/c1-8(5-12(14)18)16-7-10-6-9(13(15)17-19)3-4-11(10)20-2/h3-4,6,8,16,19H,5,7H2,1-2H3,(H2,14,18)(H2,15,17). The summed E-state index contributed by atoms with van der Waals surface area (Å²) in [7, 11) is 1.56. The normalized spacial score (nSPS) is 13.0. The third-order valence-electron chi connectivity index (χ3n) is 2.83. The molecule has 0 spiro atoms. The average molecular weight is 280 g/mol. The van der Waals surface area contributed by atoms with Crippen LogP contribution in [0.3, 0.4) is 0 Å². The Balaban J connectivity index is 2.83. The Kier molecular flexibility index (Phi) is 5.79. The number of nitrogens with zero attached hydrogens (tertiary/aromatic N) is 1. The highest BCUT2D eigenvalue weighted by molar-refractivity contribution is 5.97. The molecule has 7 heteroatoms. The molecule has 1 aromatic rings. The summed E-state index contributed by atoms with van der Waals surface area (Å²) in [5, 5.41) is 14.8. The van der Waals surface area contributed by atoms with E-state index in [0.717, 1.165) is 5.56 Å². The van der Waals surface area contributed by atoms with Gasteiger partial charge in [-0.1, -0.05) is 5.16 Å². The highest BCUT2D eigenvalue weighted by atomic mass is 16.5. The summed E-state index contributed by atoms with van der Waals surface area (Å²) < 4.78 is 5.25. The molecule has 0 heterocycles. The SMILES string of the molecule is COc1ccc(/C(N)=N/O)cc1CNC(C)CC(N)=O. The van der Waals surface area contributed by atoms with E-state index in [0.29, 0.717) is 17.9 Å². The van der Waals surface area contributed by atoms with Crippen molar-refractivity contribution >= 4 is 11.7 Å². The van der Waals surface area contributed by atoms with Crippen LogP contribution in [0.1, 0.15) is 24.5 Å². The van der Waals surface area contributed by atoms with Crippen molar-refractivity contribution in [2.24, 2.45) is 16.6 Å². The molecule has 0 aliphatic rings. The highest BCUT2D eigenvalue weighted by Gasteiger charge is 2.10. The number of benzene rings is 1. The van der Waals surface area contributed by atoms with E-state index < -0.39 is 0 Å². The summed E-state index contributed by atoms with van der Waals surface area (Å²) in [6.07, 6.45) is 0.252. The van der Waals surface area contributed by atoms with Crippen LogP contribution in [0.2, 0.25) is 0 Å². The number of ether oxygens (including phenoxy) is 1. The molecule has 7 nitrogen and oxygen atoms in total. The van der Waals surface area contributed by atoms with Gasteiger partial charge < -0.3 is 26.7 Å². The molecule has 1 unspecified atom stereocenters. The number of nitrogens with one attached hydrogen (secondary N) is 1. The molecule has 0 fully saturated rings. The smallest absolute Gasteiger partial charge is 0.218 e. The fraction of sp³-hybridized carbons (Fsp3) is 0.385. The molecule has 20 heavy (non-hydrogen) atoms. The molecule has 1 rings (SSSR count). The number of carbonyl (C=O) groups is 1. The lowest BCUT2D eigenvalue weighted by Crippen LogP contribution is -2.30. The topological polar surface area (TPSA) is 123 Å². The maximum Gasteiger partial charge on any atom is 0.218 e. The molecule has 110 valence electrons. The van der Waals surface area contributed by atoms with Crippen molar-refractivity contribution in [3.05, 3.63) is 29.3 Å². The van der Waals surface area contributed by atoms with Gasteiger partial charge in [0.05, 0.1) is 7.11 Å². The monoisotopic (exact) mass is 280 g/mol. The maximum atomic E-state index is 10.8.